The van der Waals surface area contributed by atoms with Gasteiger partial charge in [0.05, 0.1) is 0 Å². The molecule has 0 bridgehead atoms. The zero-order chi connectivity index (χ0) is 13.7. The van der Waals surface area contributed by atoms with Gasteiger partial charge in [0, 0.05) is 35.5 Å². The van der Waals surface area contributed by atoms with Crippen molar-refractivity contribution in [2.24, 2.45) is 0 Å². The first kappa shape index (κ1) is 11.2. The Balaban J connectivity index is 1.91. The molecule has 2 N–H and O–H groups in total. The van der Waals surface area contributed by atoms with Crippen molar-refractivity contribution < 1.29 is 4.79 Å². The van der Waals surface area contributed by atoms with Crippen LogP contribution in [0.15, 0.2) is 36.7 Å². The van der Waals surface area contributed by atoms with Crippen molar-refractivity contribution >= 4 is 16.9 Å². The van der Waals surface area contributed by atoms with Crippen LogP contribution in [0.2, 0.25) is 0 Å². The summed E-state index contributed by atoms with van der Waals surface area (Å²) in [6.07, 6.45) is 3.79. The topological polar surface area (TPSA) is 57.8 Å². The van der Waals surface area contributed by atoms with E-state index in [1.165, 1.54) is 5.56 Å². The summed E-state index contributed by atoms with van der Waals surface area (Å²) in [5, 5.41) is 3.98. The summed E-state index contributed by atoms with van der Waals surface area (Å²) in [6.45, 7) is 2.71. The highest BCUT2D eigenvalue weighted by molar-refractivity contribution is 5.99. The SMILES string of the molecule is Cc1c(-c2ccc3c(c2)CNC3=O)cnc2[nH]ccc12. The second kappa shape index (κ2) is 3.93. The Hall–Kier alpha value is -2.62. The number of hydrogen-bond donors (Lipinski definition) is 2. The minimum Gasteiger partial charge on any atom is -0.348 e. The third-order valence-corrected chi connectivity index (χ3v) is 3.96. The van der Waals surface area contributed by atoms with Gasteiger partial charge in [-0.2, -0.15) is 0 Å². The van der Waals surface area contributed by atoms with Crippen molar-refractivity contribution in [3.05, 3.63) is 53.3 Å². The molecule has 0 fully saturated rings. The van der Waals surface area contributed by atoms with E-state index >= 15 is 0 Å². The van der Waals surface area contributed by atoms with Crippen LogP contribution in [0.4, 0.5) is 0 Å². The van der Waals surface area contributed by atoms with Crippen LogP contribution in [0, 0.1) is 6.92 Å². The van der Waals surface area contributed by atoms with Gasteiger partial charge in [-0.15, -0.1) is 0 Å². The molecule has 20 heavy (non-hydrogen) atoms. The van der Waals surface area contributed by atoms with Crippen LogP contribution in [0.25, 0.3) is 22.2 Å². The minimum atomic E-state index is 0.0162. The van der Waals surface area contributed by atoms with Crippen molar-refractivity contribution in [1.82, 2.24) is 15.3 Å². The van der Waals surface area contributed by atoms with Gasteiger partial charge >= 0.3 is 0 Å². The molecule has 1 aromatic carbocycles. The summed E-state index contributed by atoms with van der Waals surface area (Å²) in [5.41, 5.74) is 6.16. The number of aryl methyl sites for hydroxylation is 1. The molecule has 1 aliphatic heterocycles. The molecule has 0 saturated heterocycles. The third kappa shape index (κ3) is 1.48. The summed E-state index contributed by atoms with van der Waals surface area (Å²) in [5.74, 6) is 0.0162. The molecule has 4 heteroatoms. The molecule has 0 aliphatic carbocycles. The van der Waals surface area contributed by atoms with Crippen molar-refractivity contribution in [3.8, 4) is 11.1 Å². The lowest BCUT2D eigenvalue weighted by Crippen LogP contribution is -2.12. The number of nitrogens with zero attached hydrogens (tertiary/aromatic N) is 1. The summed E-state index contributed by atoms with van der Waals surface area (Å²) in [4.78, 5) is 19.2. The normalized spacial score (nSPS) is 13.6. The summed E-state index contributed by atoms with van der Waals surface area (Å²) in [7, 11) is 0. The van der Waals surface area contributed by atoms with Gasteiger partial charge in [-0.05, 0) is 41.8 Å². The van der Waals surface area contributed by atoms with E-state index in [2.05, 4.69) is 28.3 Å². The van der Waals surface area contributed by atoms with E-state index < -0.39 is 0 Å². The molecule has 3 aromatic rings. The second-order valence-electron chi connectivity index (χ2n) is 5.09. The number of benzene rings is 1. The first-order valence-corrected chi connectivity index (χ1v) is 6.58. The van der Waals surface area contributed by atoms with Crippen LogP contribution >= 0.6 is 0 Å². The first-order chi connectivity index (χ1) is 9.74. The average Bonchev–Trinajstić information content (AvgIpc) is 3.07. The van der Waals surface area contributed by atoms with Gasteiger partial charge in [0.1, 0.15) is 5.65 Å². The number of aromatic amines is 1. The number of fused-ring (bicyclic) bond motifs is 2. The van der Waals surface area contributed by atoms with Crippen molar-refractivity contribution in [1.29, 1.82) is 0 Å². The lowest BCUT2D eigenvalue weighted by Gasteiger charge is -2.08. The van der Waals surface area contributed by atoms with Gasteiger partial charge in [0.15, 0.2) is 0 Å². The maximum atomic E-state index is 11.6. The van der Waals surface area contributed by atoms with E-state index in [1.807, 2.05) is 30.6 Å². The highest BCUT2D eigenvalue weighted by Crippen LogP contribution is 2.30. The zero-order valence-electron chi connectivity index (χ0n) is 11.0. The lowest BCUT2D eigenvalue weighted by atomic mass is 9.97. The quantitative estimate of drug-likeness (QED) is 0.709. The molecule has 4 nitrogen and oxygen atoms in total. The standard InChI is InChI=1S/C16H13N3O/c1-9-12-4-5-17-15(12)18-8-14(9)10-2-3-13-11(6-10)7-19-16(13)20/h2-6,8H,7H2,1H3,(H,17,18)(H,19,20). The van der Waals surface area contributed by atoms with Gasteiger partial charge in [-0.25, -0.2) is 4.98 Å². The van der Waals surface area contributed by atoms with Gasteiger partial charge in [0.2, 0.25) is 0 Å². The van der Waals surface area contributed by atoms with Crippen molar-refractivity contribution in [3.63, 3.8) is 0 Å². The molecule has 3 heterocycles. The van der Waals surface area contributed by atoms with Crippen LogP contribution in [0.5, 0.6) is 0 Å². The Labute approximate surface area is 115 Å². The molecule has 0 atom stereocenters. The summed E-state index contributed by atoms with van der Waals surface area (Å²) >= 11 is 0. The fraction of sp³-hybridized carbons (Fsp3) is 0.125. The highest BCUT2D eigenvalue weighted by atomic mass is 16.1. The predicted molar refractivity (Wildman–Crippen MR) is 77.4 cm³/mol. The average molecular weight is 263 g/mol. The number of carbonyl (C=O) groups excluding carboxylic acids is 1. The van der Waals surface area contributed by atoms with Gasteiger partial charge in [-0.1, -0.05) is 6.07 Å². The van der Waals surface area contributed by atoms with Gasteiger partial charge in [-0.3, -0.25) is 4.79 Å². The Morgan fingerprint density at radius 1 is 1.20 bits per heavy atom. The smallest absolute Gasteiger partial charge is 0.251 e. The van der Waals surface area contributed by atoms with Crippen molar-refractivity contribution in [2.45, 2.75) is 13.5 Å². The largest absolute Gasteiger partial charge is 0.348 e. The number of pyridine rings is 1. The molecule has 4 rings (SSSR count). The van der Waals surface area contributed by atoms with E-state index in [0.29, 0.717) is 6.54 Å². The maximum absolute atomic E-state index is 11.6. The van der Waals surface area contributed by atoms with E-state index in [4.69, 9.17) is 0 Å². The van der Waals surface area contributed by atoms with Crippen LogP contribution < -0.4 is 5.32 Å². The maximum Gasteiger partial charge on any atom is 0.251 e. The van der Waals surface area contributed by atoms with Gasteiger partial charge in [0.25, 0.3) is 5.91 Å². The fourth-order valence-corrected chi connectivity index (χ4v) is 2.83. The first-order valence-electron chi connectivity index (χ1n) is 6.58. The Kier molecular flexibility index (Phi) is 2.21. The van der Waals surface area contributed by atoms with Crippen LogP contribution in [0.3, 0.4) is 0 Å². The van der Waals surface area contributed by atoms with Crippen LogP contribution in [-0.4, -0.2) is 15.9 Å². The Bertz CT molecular complexity index is 848. The number of nitrogens with one attached hydrogen (secondary N) is 2. The summed E-state index contributed by atoms with van der Waals surface area (Å²) < 4.78 is 0. The summed E-state index contributed by atoms with van der Waals surface area (Å²) in [6, 6.07) is 8.01. The number of rotatable bonds is 1. The van der Waals surface area contributed by atoms with Gasteiger partial charge < -0.3 is 10.3 Å². The third-order valence-electron chi connectivity index (χ3n) is 3.96. The molecule has 0 unspecified atom stereocenters. The molecule has 1 aliphatic rings. The Morgan fingerprint density at radius 2 is 2.10 bits per heavy atom. The van der Waals surface area contributed by atoms with E-state index in [0.717, 1.165) is 33.3 Å². The minimum absolute atomic E-state index is 0.0162. The molecule has 0 saturated carbocycles. The van der Waals surface area contributed by atoms with Crippen molar-refractivity contribution in [2.75, 3.05) is 0 Å². The molecular weight excluding hydrogens is 250 g/mol. The highest BCUT2D eigenvalue weighted by Gasteiger charge is 2.19. The lowest BCUT2D eigenvalue weighted by molar-refractivity contribution is 0.0966. The number of hydrogen-bond acceptors (Lipinski definition) is 2. The van der Waals surface area contributed by atoms with E-state index in [9.17, 15) is 4.79 Å². The Morgan fingerprint density at radius 3 is 3.00 bits per heavy atom. The number of aromatic nitrogens is 2. The second-order valence-corrected chi connectivity index (χ2v) is 5.09. The molecule has 2 aromatic heterocycles. The van der Waals surface area contributed by atoms with Crippen LogP contribution in [0.1, 0.15) is 21.5 Å². The molecular formula is C16H13N3O. The van der Waals surface area contributed by atoms with E-state index in [-0.39, 0.29) is 5.91 Å². The molecule has 0 spiro atoms. The number of carbonyl (C=O) groups is 1. The fourth-order valence-electron chi connectivity index (χ4n) is 2.83. The molecule has 98 valence electrons. The monoisotopic (exact) mass is 263 g/mol. The van der Waals surface area contributed by atoms with Crippen LogP contribution in [-0.2, 0) is 6.54 Å². The molecule has 1 amide bonds. The van der Waals surface area contributed by atoms with E-state index in [1.54, 1.807) is 0 Å². The number of amides is 1. The number of H-pyrrole nitrogens is 1. The molecule has 0 radical (unpaired) electrons. The predicted octanol–water partition coefficient (Wildman–Crippen LogP) is 2.78. The zero-order valence-corrected chi connectivity index (χ0v) is 11.0.